The molecule has 1 aliphatic rings. The number of nitrogens with one attached hydrogen (secondary N) is 2. The lowest BCUT2D eigenvalue weighted by Gasteiger charge is -2.26. The van der Waals surface area contributed by atoms with Gasteiger partial charge in [-0.25, -0.2) is 4.79 Å². The van der Waals surface area contributed by atoms with Gasteiger partial charge in [-0.2, -0.15) is 0 Å². The molecule has 1 aromatic carbocycles. The maximum atomic E-state index is 11.7. The zero-order chi connectivity index (χ0) is 15.8. The molecule has 0 unspecified atom stereocenters. The Hall–Kier alpha value is -2.15. The number of benzene rings is 1. The third-order valence-electron chi connectivity index (χ3n) is 3.72. The van der Waals surface area contributed by atoms with Gasteiger partial charge in [-0.1, -0.05) is 6.42 Å². The molecule has 0 aliphatic carbocycles. The number of anilines is 1. The Morgan fingerprint density at radius 1 is 1.18 bits per heavy atom. The van der Waals surface area contributed by atoms with Gasteiger partial charge >= 0.3 is 6.03 Å². The summed E-state index contributed by atoms with van der Waals surface area (Å²) in [5.41, 5.74) is 0.548. The second-order valence-electron chi connectivity index (χ2n) is 5.44. The van der Waals surface area contributed by atoms with Crippen molar-refractivity contribution < 1.29 is 9.72 Å². The lowest BCUT2D eigenvalue weighted by molar-refractivity contribution is -0.384. The number of hydrogen-bond donors (Lipinski definition) is 2. The molecule has 1 aliphatic heterocycles. The number of urea groups is 1. The molecule has 0 aromatic heterocycles. The average molecular weight is 306 g/mol. The molecule has 2 N–H and O–H groups in total. The molecule has 1 fully saturated rings. The smallest absolute Gasteiger partial charge is 0.319 e. The summed E-state index contributed by atoms with van der Waals surface area (Å²) in [6, 6.07) is 5.49. The van der Waals surface area contributed by atoms with Crippen molar-refractivity contribution in [2.45, 2.75) is 25.7 Å². The Labute approximate surface area is 129 Å². The van der Waals surface area contributed by atoms with Crippen molar-refractivity contribution in [3.05, 3.63) is 34.4 Å². The lowest BCUT2D eigenvalue weighted by Crippen LogP contribution is -2.34. The Bertz CT molecular complexity index is 498. The van der Waals surface area contributed by atoms with Crippen LogP contribution in [0.15, 0.2) is 24.3 Å². The third-order valence-corrected chi connectivity index (χ3v) is 3.72. The van der Waals surface area contributed by atoms with Gasteiger partial charge in [-0.15, -0.1) is 0 Å². The highest BCUT2D eigenvalue weighted by Gasteiger charge is 2.09. The number of piperidine rings is 1. The minimum atomic E-state index is -0.468. The van der Waals surface area contributed by atoms with Crippen LogP contribution < -0.4 is 10.6 Å². The number of hydrogen-bond acceptors (Lipinski definition) is 4. The molecule has 0 saturated carbocycles. The lowest BCUT2D eigenvalue weighted by atomic mass is 10.1. The van der Waals surface area contributed by atoms with Crippen LogP contribution in [0.5, 0.6) is 0 Å². The van der Waals surface area contributed by atoms with Crippen molar-refractivity contribution in [1.29, 1.82) is 0 Å². The fourth-order valence-electron chi connectivity index (χ4n) is 2.53. The molecule has 0 atom stereocenters. The maximum absolute atomic E-state index is 11.7. The SMILES string of the molecule is O=C(NCCCN1CCCCC1)Nc1ccc([N+](=O)[O-])cc1. The van der Waals surface area contributed by atoms with E-state index in [1.807, 2.05) is 0 Å². The molecule has 0 spiro atoms. The van der Waals surface area contributed by atoms with E-state index >= 15 is 0 Å². The molecule has 0 bridgehead atoms. The van der Waals surface area contributed by atoms with E-state index < -0.39 is 4.92 Å². The Kier molecular flexibility index (Phi) is 6.14. The molecular formula is C15H22N4O3. The van der Waals surface area contributed by atoms with Crippen molar-refractivity contribution in [2.24, 2.45) is 0 Å². The van der Waals surface area contributed by atoms with Crippen LogP contribution in [-0.2, 0) is 0 Å². The monoisotopic (exact) mass is 306 g/mol. The van der Waals surface area contributed by atoms with E-state index in [4.69, 9.17) is 0 Å². The predicted molar refractivity (Wildman–Crippen MR) is 85.0 cm³/mol. The van der Waals surface area contributed by atoms with E-state index in [1.165, 1.54) is 43.5 Å². The number of carbonyl (C=O) groups is 1. The van der Waals surface area contributed by atoms with Crippen molar-refractivity contribution in [3.8, 4) is 0 Å². The van der Waals surface area contributed by atoms with Gasteiger partial charge in [-0.05, 0) is 51.0 Å². The van der Waals surface area contributed by atoms with E-state index in [0.717, 1.165) is 26.1 Å². The van der Waals surface area contributed by atoms with Gasteiger partial charge in [0.1, 0.15) is 0 Å². The van der Waals surface area contributed by atoms with Gasteiger partial charge < -0.3 is 15.5 Å². The molecule has 7 heteroatoms. The van der Waals surface area contributed by atoms with Crippen LogP contribution in [-0.4, -0.2) is 42.0 Å². The van der Waals surface area contributed by atoms with Gasteiger partial charge in [-0.3, -0.25) is 10.1 Å². The summed E-state index contributed by atoms with van der Waals surface area (Å²) in [7, 11) is 0. The number of amides is 2. The van der Waals surface area contributed by atoms with Gasteiger partial charge in [0, 0.05) is 24.4 Å². The first kappa shape index (κ1) is 16.2. The Morgan fingerprint density at radius 3 is 2.50 bits per heavy atom. The molecule has 0 radical (unpaired) electrons. The first-order valence-corrected chi connectivity index (χ1v) is 7.67. The van der Waals surface area contributed by atoms with Crippen LogP contribution in [0.4, 0.5) is 16.2 Å². The summed E-state index contributed by atoms with van der Waals surface area (Å²) in [4.78, 5) is 24.2. The second-order valence-corrected chi connectivity index (χ2v) is 5.44. The summed E-state index contributed by atoms with van der Waals surface area (Å²) in [6.45, 7) is 3.96. The number of carbonyl (C=O) groups excluding carboxylic acids is 1. The van der Waals surface area contributed by atoms with Crippen molar-refractivity contribution in [2.75, 3.05) is 31.5 Å². The zero-order valence-electron chi connectivity index (χ0n) is 12.6. The first-order valence-electron chi connectivity index (χ1n) is 7.67. The first-order chi connectivity index (χ1) is 10.6. The largest absolute Gasteiger partial charge is 0.338 e. The average Bonchev–Trinajstić information content (AvgIpc) is 2.53. The highest BCUT2D eigenvalue weighted by atomic mass is 16.6. The fraction of sp³-hybridized carbons (Fsp3) is 0.533. The zero-order valence-corrected chi connectivity index (χ0v) is 12.6. The number of nitrogens with zero attached hydrogens (tertiary/aromatic N) is 2. The standard InChI is InChI=1S/C15H22N4O3/c20-15(16-9-4-12-18-10-2-1-3-11-18)17-13-5-7-14(8-6-13)19(21)22/h5-8H,1-4,9-12H2,(H2,16,17,20). The van der Waals surface area contributed by atoms with Gasteiger partial charge in [0.15, 0.2) is 0 Å². The molecule has 7 nitrogen and oxygen atoms in total. The fourth-order valence-corrected chi connectivity index (χ4v) is 2.53. The minimum Gasteiger partial charge on any atom is -0.338 e. The summed E-state index contributed by atoms with van der Waals surface area (Å²) in [5.74, 6) is 0. The van der Waals surface area contributed by atoms with Gasteiger partial charge in [0.05, 0.1) is 4.92 Å². The van der Waals surface area contributed by atoms with E-state index in [0.29, 0.717) is 12.2 Å². The van der Waals surface area contributed by atoms with Crippen molar-refractivity contribution in [1.82, 2.24) is 10.2 Å². The predicted octanol–water partition coefficient (Wildman–Crippen LogP) is 2.59. The molecule has 120 valence electrons. The number of nitro groups is 1. The maximum Gasteiger partial charge on any atom is 0.319 e. The molecular weight excluding hydrogens is 284 g/mol. The topological polar surface area (TPSA) is 87.5 Å². The summed E-state index contributed by atoms with van der Waals surface area (Å²) in [5, 5.41) is 16.0. The van der Waals surface area contributed by atoms with Crippen LogP contribution in [0.2, 0.25) is 0 Å². The minimum absolute atomic E-state index is 0.00693. The van der Waals surface area contributed by atoms with Crippen LogP contribution in [0.3, 0.4) is 0 Å². The molecule has 2 amide bonds. The van der Waals surface area contributed by atoms with Crippen LogP contribution >= 0.6 is 0 Å². The Morgan fingerprint density at radius 2 is 1.86 bits per heavy atom. The number of likely N-dealkylation sites (tertiary alicyclic amines) is 1. The third kappa shape index (κ3) is 5.33. The summed E-state index contributed by atoms with van der Waals surface area (Å²) < 4.78 is 0. The van der Waals surface area contributed by atoms with Gasteiger partial charge in [0.25, 0.3) is 5.69 Å². The van der Waals surface area contributed by atoms with Crippen LogP contribution in [0.25, 0.3) is 0 Å². The van der Waals surface area contributed by atoms with Crippen molar-refractivity contribution >= 4 is 17.4 Å². The van der Waals surface area contributed by atoms with E-state index in [1.54, 1.807) is 0 Å². The normalized spacial score (nSPS) is 15.3. The van der Waals surface area contributed by atoms with E-state index in [2.05, 4.69) is 15.5 Å². The number of non-ortho nitro benzene ring substituents is 1. The highest BCUT2D eigenvalue weighted by Crippen LogP contribution is 2.15. The van der Waals surface area contributed by atoms with Gasteiger partial charge in [0.2, 0.25) is 0 Å². The molecule has 1 heterocycles. The molecule has 2 rings (SSSR count). The van der Waals surface area contributed by atoms with Crippen LogP contribution in [0, 0.1) is 10.1 Å². The van der Waals surface area contributed by atoms with Crippen molar-refractivity contribution in [3.63, 3.8) is 0 Å². The second kappa shape index (κ2) is 8.33. The summed E-state index contributed by atoms with van der Waals surface area (Å²) in [6.07, 6.45) is 4.79. The van der Waals surface area contributed by atoms with Crippen LogP contribution in [0.1, 0.15) is 25.7 Å². The number of nitro benzene ring substituents is 1. The molecule has 1 saturated heterocycles. The Balaban J connectivity index is 1.63. The quantitative estimate of drug-likeness (QED) is 0.480. The van der Waals surface area contributed by atoms with E-state index in [-0.39, 0.29) is 11.7 Å². The molecule has 22 heavy (non-hydrogen) atoms. The molecule has 1 aromatic rings. The number of rotatable bonds is 6. The summed E-state index contributed by atoms with van der Waals surface area (Å²) >= 11 is 0. The van der Waals surface area contributed by atoms with E-state index in [9.17, 15) is 14.9 Å². The highest BCUT2D eigenvalue weighted by molar-refractivity contribution is 5.89.